The van der Waals surface area contributed by atoms with E-state index in [-0.39, 0.29) is 5.41 Å². The standard InChI is InChI=1S/C32H48N2/c1-19-9-10-22-13-15-31(7)24(27(22)20(19)2)11-12-26-30(6)17-23-18-33-21(3)34-28(23)29(4,5)25(30)14-16-32(26,31)8/h11,18-20,22,25-27H,9-10,12-17H2,1-8H3. The molecule has 2 heteroatoms. The molecule has 5 aliphatic carbocycles. The van der Waals surface area contributed by atoms with Crippen molar-refractivity contribution in [2.75, 3.05) is 0 Å². The van der Waals surface area contributed by atoms with E-state index in [2.05, 4.69) is 72.6 Å². The van der Waals surface area contributed by atoms with E-state index in [1.807, 2.05) is 5.57 Å². The first-order chi connectivity index (χ1) is 15.9. The van der Waals surface area contributed by atoms with Crippen molar-refractivity contribution in [1.29, 1.82) is 0 Å². The molecular weight excluding hydrogens is 412 g/mol. The summed E-state index contributed by atoms with van der Waals surface area (Å²) in [7, 11) is 0. The molecule has 5 aliphatic rings. The lowest BCUT2D eigenvalue weighted by molar-refractivity contribution is -0.154. The van der Waals surface area contributed by atoms with E-state index in [1.165, 1.54) is 56.2 Å². The van der Waals surface area contributed by atoms with Crippen LogP contribution in [0.2, 0.25) is 0 Å². The van der Waals surface area contributed by atoms with Crippen molar-refractivity contribution in [2.45, 2.75) is 112 Å². The molecule has 1 heterocycles. The van der Waals surface area contributed by atoms with E-state index in [4.69, 9.17) is 4.98 Å². The average Bonchev–Trinajstić information content (AvgIpc) is 2.77. The third-order valence-corrected chi connectivity index (χ3v) is 13.2. The van der Waals surface area contributed by atoms with Crippen LogP contribution in [-0.2, 0) is 11.8 Å². The van der Waals surface area contributed by atoms with Gasteiger partial charge in [-0.05, 0) is 109 Å². The number of fused-ring (bicyclic) bond motifs is 8. The van der Waals surface area contributed by atoms with Crippen LogP contribution >= 0.6 is 0 Å². The zero-order chi connectivity index (χ0) is 24.3. The van der Waals surface area contributed by atoms with Gasteiger partial charge < -0.3 is 0 Å². The Morgan fingerprint density at radius 3 is 2.44 bits per heavy atom. The molecule has 3 saturated carbocycles. The second-order valence-corrected chi connectivity index (χ2v) is 14.7. The molecule has 34 heavy (non-hydrogen) atoms. The first-order valence-corrected chi connectivity index (χ1v) is 14.5. The summed E-state index contributed by atoms with van der Waals surface area (Å²) >= 11 is 0. The summed E-state index contributed by atoms with van der Waals surface area (Å²) in [5, 5.41) is 0. The number of rotatable bonds is 0. The fourth-order valence-corrected chi connectivity index (χ4v) is 11.1. The summed E-state index contributed by atoms with van der Waals surface area (Å²) < 4.78 is 0. The van der Waals surface area contributed by atoms with E-state index in [0.29, 0.717) is 22.2 Å². The van der Waals surface area contributed by atoms with Crippen molar-refractivity contribution in [1.82, 2.24) is 9.97 Å². The van der Waals surface area contributed by atoms with Crippen LogP contribution in [0.5, 0.6) is 0 Å². The molecule has 6 rings (SSSR count). The van der Waals surface area contributed by atoms with Crippen LogP contribution in [0.1, 0.15) is 110 Å². The minimum atomic E-state index is 0.118. The Labute approximate surface area is 208 Å². The molecule has 0 amide bonds. The first kappa shape index (κ1) is 23.2. The predicted molar refractivity (Wildman–Crippen MR) is 141 cm³/mol. The summed E-state index contributed by atoms with van der Waals surface area (Å²) in [5.74, 6) is 5.88. The highest BCUT2D eigenvalue weighted by atomic mass is 14.9. The monoisotopic (exact) mass is 460 g/mol. The Kier molecular flexibility index (Phi) is 4.92. The van der Waals surface area contributed by atoms with Crippen molar-refractivity contribution in [2.24, 2.45) is 51.8 Å². The van der Waals surface area contributed by atoms with E-state index in [9.17, 15) is 0 Å². The smallest absolute Gasteiger partial charge is 0.125 e. The van der Waals surface area contributed by atoms with Gasteiger partial charge in [0.2, 0.25) is 0 Å². The van der Waals surface area contributed by atoms with Gasteiger partial charge in [0.05, 0.1) is 5.69 Å². The maximum absolute atomic E-state index is 5.03. The summed E-state index contributed by atoms with van der Waals surface area (Å²) in [6.45, 7) is 20.3. The lowest BCUT2D eigenvalue weighted by Crippen LogP contribution is -2.63. The van der Waals surface area contributed by atoms with Gasteiger partial charge in [0.15, 0.2) is 0 Å². The molecule has 186 valence electrons. The maximum atomic E-state index is 5.03. The van der Waals surface area contributed by atoms with Gasteiger partial charge in [-0.15, -0.1) is 0 Å². The molecule has 1 aromatic rings. The Morgan fingerprint density at radius 1 is 0.912 bits per heavy atom. The van der Waals surface area contributed by atoms with Crippen LogP contribution in [0.25, 0.3) is 0 Å². The second kappa shape index (κ2) is 7.19. The summed E-state index contributed by atoms with van der Waals surface area (Å²) in [6, 6.07) is 0. The van der Waals surface area contributed by atoms with Crippen LogP contribution in [0.3, 0.4) is 0 Å². The largest absolute Gasteiger partial charge is 0.241 e. The maximum Gasteiger partial charge on any atom is 0.125 e. The molecule has 0 radical (unpaired) electrons. The van der Waals surface area contributed by atoms with Crippen LogP contribution in [0.15, 0.2) is 17.8 Å². The summed E-state index contributed by atoms with van der Waals surface area (Å²) in [4.78, 5) is 9.69. The average molecular weight is 461 g/mol. The minimum Gasteiger partial charge on any atom is -0.241 e. The van der Waals surface area contributed by atoms with E-state index in [1.54, 1.807) is 0 Å². The van der Waals surface area contributed by atoms with Gasteiger partial charge in [0.25, 0.3) is 0 Å². The van der Waals surface area contributed by atoms with Crippen molar-refractivity contribution < 1.29 is 0 Å². The van der Waals surface area contributed by atoms with Crippen LogP contribution in [-0.4, -0.2) is 9.97 Å². The third kappa shape index (κ3) is 2.75. The molecule has 3 fully saturated rings. The van der Waals surface area contributed by atoms with Crippen molar-refractivity contribution >= 4 is 0 Å². The van der Waals surface area contributed by atoms with Crippen molar-refractivity contribution in [3.63, 3.8) is 0 Å². The van der Waals surface area contributed by atoms with Gasteiger partial charge in [-0.2, -0.15) is 0 Å². The van der Waals surface area contributed by atoms with Gasteiger partial charge in [-0.25, -0.2) is 9.97 Å². The van der Waals surface area contributed by atoms with Gasteiger partial charge in [0.1, 0.15) is 5.82 Å². The highest BCUT2D eigenvalue weighted by Crippen LogP contribution is 2.73. The van der Waals surface area contributed by atoms with Crippen molar-refractivity contribution in [3.8, 4) is 0 Å². The highest BCUT2D eigenvalue weighted by Gasteiger charge is 2.67. The van der Waals surface area contributed by atoms with Crippen LogP contribution in [0, 0.1) is 58.7 Å². The fourth-order valence-electron chi connectivity index (χ4n) is 11.1. The molecule has 0 aliphatic heterocycles. The van der Waals surface area contributed by atoms with Crippen LogP contribution in [0.4, 0.5) is 0 Å². The predicted octanol–water partition coefficient (Wildman–Crippen LogP) is 8.09. The number of hydrogen-bond acceptors (Lipinski definition) is 2. The van der Waals surface area contributed by atoms with Gasteiger partial charge >= 0.3 is 0 Å². The lowest BCUT2D eigenvalue weighted by Gasteiger charge is -2.70. The third-order valence-electron chi connectivity index (χ3n) is 13.2. The molecule has 1 aromatic heterocycles. The number of nitrogens with zero attached hydrogens (tertiary/aromatic N) is 2. The molecule has 0 saturated heterocycles. The van der Waals surface area contributed by atoms with Gasteiger partial charge in [-0.3, -0.25) is 0 Å². The molecular formula is C32H48N2. The van der Waals surface area contributed by atoms with Crippen LogP contribution < -0.4 is 0 Å². The summed E-state index contributed by atoms with van der Waals surface area (Å²) in [6.07, 6.45) is 16.0. The Bertz CT molecular complexity index is 1040. The van der Waals surface area contributed by atoms with Gasteiger partial charge in [0, 0.05) is 11.6 Å². The van der Waals surface area contributed by atoms with Gasteiger partial charge in [-0.1, -0.05) is 66.5 Å². The fraction of sp³-hybridized carbons (Fsp3) is 0.812. The number of allylic oxidation sites excluding steroid dienone is 2. The molecule has 9 unspecified atom stereocenters. The van der Waals surface area contributed by atoms with Crippen molar-refractivity contribution in [3.05, 3.63) is 34.9 Å². The Balaban J connectivity index is 1.45. The number of hydrogen-bond donors (Lipinski definition) is 0. The van der Waals surface area contributed by atoms with E-state index < -0.39 is 0 Å². The normalized spacial score (nSPS) is 49.0. The zero-order valence-electron chi connectivity index (χ0n) is 23.2. The number of aromatic nitrogens is 2. The molecule has 2 nitrogen and oxygen atoms in total. The Morgan fingerprint density at radius 2 is 1.68 bits per heavy atom. The molecule has 0 aromatic carbocycles. The second-order valence-electron chi connectivity index (χ2n) is 14.7. The lowest BCUT2D eigenvalue weighted by atomic mass is 9.34. The zero-order valence-corrected chi connectivity index (χ0v) is 23.2. The minimum absolute atomic E-state index is 0.118. The van der Waals surface area contributed by atoms with E-state index in [0.717, 1.165) is 41.8 Å². The number of aryl methyl sites for hydroxylation is 1. The highest BCUT2D eigenvalue weighted by molar-refractivity contribution is 5.37. The quantitative estimate of drug-likeness (QED) is 0.366. The molecule has 0 bridgehead atoms. The molecule has 0 N–H and O–H groups in total. The SMILES string of the molecule is Cc1ncc2c(n1)C(C)(C)C1CCC3(C)C(CC=C4C5C(CCC(C)C5C)CCC43C)C1(C)C2. The first-order valence-electron chi connectivity index (χ1n) is 14.5. The Hall–Kier alpha value is -1.18. The summed E-state index contributed by atoms with van der Waals surface area (Å²) in [5.41, 5.74) is 5.87. The topological polar surface area (TPSA) is 25.8 Å². The van der Waals surface area contributed by atoms with E-state index >= 15 is 0 Å². The molecule has 0 spiro atoms. The molecule has 9 atom stereocenters.